The summed E-state index contributed by atoms with van der Waals surface area (Å²) < 4.78 is 0. The lowest BCUT2D eigenvalue weighted by atomic mass is 9.84. The Hall–Kier alpha value is -0.830. The summed E-state index contributed by atoms with van der Waals surface area (Å²) >= 11 is 0. The van der Waals surface area contributed by atoms with Crippen LogP contribution < -0.4 is 11.1 Å². The van der Waals surface area contributed by atoms with Crippen molar-refractivity contribution in [3.63, 3.8) is 0 Å². The fraction of sp³-hybridized carbons (Fsp3) is 0.786. The number of rotatable bonds is 4. The van der Waals surface area contributed by atoms with Gasteiger partial charge in [0.25, 0.3) is 0 Å². The van der Waals surface area contributed by atoms with E-state index in [-0.39, 0.29) is 17.4 Å². The lowest BCUT2D eigenvalue weighted by molar-refractivity contribution is -0.130. The van der Waals surface area contributed by atoms with Gasteiger partial charge in [0.15, 0.2) is 0 Å². The Morgan fingerprint density at radius 1 is 1.59 bits per heavy atom. The molecule has 0 aromatic heterocycles. The minimum Gasteiger partial charge on any atom is -0.355 e. The number of nitrogens with two attached hydrogens (primary N) is 1. The zero-order valence-corrected chi connectivity index (χ0v) is 10.8. The molecule has 3 heteroatoms. The van der Waals surface area contributed by atoms with Gasteiger partial charge in [0.1, 0.15) is 0 Å². The summed E-state index contributed by atoms with van der Waals surface area (Å²) in [5.41, 5.74) is 7.21. The Labute approximate surface area is 104 Å². The number of nitrogens with one attached hydrogen (secondary N) is 1. The Morgan fingerprint density at radius 3 is 3.00 bits per heavy atom. The number of hydrogen-bond acceptors (Lipinski definition) is 2. The van der Waals surface area contributed by atoms with E-state index in [1.807, 2.05) is 6.92 Å². The molecule has 1 fully saturated rings. The van der Waals surface area contributed by atoms with Gasteiger partial charge in [-0.1, -0.05) is 18.1 Å². The third-order valence-electron chi connectivity index (χ3n) is 4.42. The normalized spacial score (nSPS) is 32.6. The molecule has 96 valence electrons. The fourth-order valence-corrected chi connectivity index (χ4v) is 2.98. The largest absolute Gasteiger partial charge is 0.355 e. The maximum atomic E-state index is 12.1. The van der Waals surface area contributed by atoms with Gasteiger partial charge in [0, 0.05) is 12.6 Å². The third-order valence-corrected chi connectivity index (χ3v) is 4.42. The predicted molar refractivity (Wildman–Crippen MR) is 69.5 cm³/mol. The van der Waals surface area contributed by atoms with Crippen molar-refractivity contribution in [2.24, 2.45) is 11.1 Å². The average Bonchev–Trinajstić information content (AvgIpc) is 2.91. The maximum Gasteiger partial charge on any atom is 0.227 e. The first-order valence-electron chi connectivity index (χ1n) is 6.85. The summed E-state index contributed by atoms with van der Waals surface area (Å²) in [4.78, 5) is 12.1. The highest BCUT2D eigenvalue weighted by Crippen LogP contribution is 2.36. The van der Waals surface area contributed by atoms with Crippen molar-refractivity contribution in [3.05, 3.63) is 11.6 Å². The molecular formula is C14H24N2O. The fourth-order valence-electron chi connectivity index (χ4n) is 2.98. The van der Waals surface area contributed by atoms with Crippen LogP contribution in [0.1, 0.15) is 51.9 Å². The molecule has 0 heterocycles. The zero-order valence-electron chi connectivity index (χ0n) is 10.8. The van der Waals surface area contributed by atoms with Crippen LogP contribution in [0.25, 0.3) is 0 Å². The highest BCUT2D eigenvalue weighted by Gasteiger charge is 2.42. The molecule has 2 aliphatic carbocycles. The molecule has 0 saturated heterocycles. The summed E-state index contributed by atoms with van der Waals surface area (Å²) in [6.45, 7) is 2.78. The van der Waals surface area contributed by atoms with Gasteiger partial charge in [0.2, 0.25) is 5.91 Å². The SMILES string of the molecule is CC1(C(=O)NCCC2=CCCC2)CCCC1N. The van der Waals surface area contributed by atoms with Gasteiger partial charge in [-0.25, -0.2) is 0 Å². The summed E-state index contributed by atoms with van der Waals surface area (Å²) in [5.74, 6) is 0.154. The summed E-state index contributed by atoms with van der Waals surface area (Å²) in [5, 5.41) is 3.06. The topological polar surface area (TPSA) is 55.1 Å². The van der Waals surface area contributed by atoms with Gasteiger partial charge >= 0.3 is 0 Å². The second-order valence-corrected chi connectivity index (χ2v) is 5.68. The second kappa shape index (κ2) is 5.21. The van der Waals surface area contributed by atoms with Gasteiger partial charge < -0.3 is 11.1 Å². The van der Waals surface area contributed by atoms with Crippen molar-refractivity contribution in [2.45, 2.75) is 57.9 Å². The summed E-state index contributed by atoms with van der Waals surface area (Å²) in [6.07, 6.45) is 10.0. The minimum absolute atomic E-state index is 0.0354. The molecule has 2 aliphatic rings. The van der Waals surface area contributed by atoms with Crippen molar-refractivity contribution in [1.29, 1.82) is 0 Å². The Balaban J connectivity index is 1.77. The van der Waals surface area contributed by atoms with Crippen LogP contribution in [0.4, 0.5) is 0 Å². The van der Waals surface area contributed by atoms with Crippen LogP contribution in [0, 0.1) is 5.41 Å². The van der Waals surface area contributed by atoms with Crippen molar-refractivity contribution in [1.82, 2.24) is 5.32 Å². The van der Waals surface area contributed by atoms with Crippen molar-refractivity contribution in [2.75, 3.05) is 6.54 Å². The van der Waals surface area contributed by atoms with Crippen LogP contribution in [0.2, 0.25) is 0 Å². The minimum atomic E-state index is -0.329. The van der Waals surface area contributed by atoms with Gasteiger partial charge in [0.05, 0.1) is 5.41 Å². The first kappa shape index (κ1) is 12.6. The molecule has 3 nitrogen and oxygen atoms in total. The lowest BCUT2D eigenvalue weighted by Crippen LogP contribution is -2.47. The average molecular weight is 236 g/mol. The molecule has 3 N–H and O–H groups in total. The van der Waals surface area contributed by atoms with Gasteiger partial charge in [-0.3, -0.25) is 4.79 Å². The van der Waals surface area contributed by atoms with Crippen LogP contribution >= 0.6 is 0 Å². The molecule has 17 heavy (non-hydrogen) atoms. The molecule has 2 rings (SSSR count). The molecule has 2 atom stereocenters. The maximum absolute atomic E-state index is 12.1. The Bertz CT molecular complexity index is 324. The standard InChI is InChI=1S/C14H24N2O/c1-14(9-4-7-12(14)15)13(17)16-10-8-11-5-2-3-6-11/h5,12H,2-4,6-10,15H2,1H3,(H,16,17). The zero-order chi connectivity index (χ0) is 12.3. The van der Waals surface area contributed by atoms with E-state index < -0.39 is 0 Å². The second-order valence-electron chi connectivity index (χ2n) is 5.68. The first-order chi connectivity index (χ1) is 8.13. The highest BCUT2D eigenvalue weighted by molar-refractivity contribution is 5.83. The quantitative estimate of drug-likeness (QED) is 0.735. The van der Waals surface area contributed by atoms with E-state index in [4.69, 9.17) is 5.73 Å². The number of amides is 1. The van der Waals surface area contributed by atoms with Crippen LogP contribution in [-0.4, -0.2) is 18.5 Å². The first-order valence-corrected chi connectivity index (χ1v) is 6.85. The van der Waals surface area contributed by atoms with Crippen molar-refractivity contribution < 1.29 is 4.79 Å². The molecule has 0 aliphatic heterocycles. The van der Waals surface area contributed by atoms with E-state index in [2.05, 4.69) is 11.4 Å². The Kier molecular flexibility index (Phi) is 3.87. The molecule has 0 aromatic rings. The highest BCUT2D eigenvalue weighted by atomic mass is 16.2. The smallest absolute Gasteiger partial charge is 0.227 e. The van der Waals surface area contributed by atoms with Gasteiger partial charge in [-0.2, -0.15) is 0 Å². The number of carbonyl (C=O) groups excluding carboxylic acids is 1. The lowest BCUT2D eigenvalue weighted by Gasteiger charge is -2.27. The number of carbonyl (C=O) groups is 1. The third kappa shape index (κ3) is 2.71. The van der Waals surface area contributed by atoms with Crippen LogP contribution in [-0.2, 0) is 4.79 Å². The number of hydrogen-bond donors (Lipinski definition) is 2. The van der Waals surface area contributed by atoms with Gasteiger partial charge in [-0.15, -0.1) is 0 Å². The van der Waals surface area contributed by atoms with E-state index in [0.717, 1.165) is 32.2 Å². The van der Waals surface area contributed by atoms with Gasteiger partial charge in [-0.05, 0) is 45.4 Å². The molecule has 0 aromatic carbocycles. The van der Waals surface area contributed by atoms with E-state index >= 15 is 0 Å². The Morgan fingerprint density at radius 2 is 2.41 bits per heavy atom. The predicted octanol–water partition coefficient (Wildman–Crippen LogP) is 2.12. The van der Waals surface area contributed by atoms with Crippen LogP contribution in [0.15, 0.2) is 11.6 Å². The molecule has 0 spiro atoms. The molecule has 1 amide bonds. The molecule has 1 saturated carbocycles. The van der Waals surface area contributed by atoms with E-state index in [0.29, 0.717) is 0 Å². The molecule has 0 bridgehead atoms. The van der Waals surface area contributed by atoms with Crippen LogP contribution in [0.3, 0.4) is 0 Å². The summed E-state index contributed by atoms with van der Waals surface area (Å²) in [7, 11) is 0. The van der Waals surface area contributed by atoms with Crippen molar-refractivity contribution in [3.8, 4) is 0 Å². The molecule has 2 unspecified atom stereocenters. The summed E-state index contributed by atoms with van der Waals surface area (Å²) in [6, 6.07) is 0.0354. The molecular weight excluding hydrogens is 212 g/mol. The van der Waals surface area contributed by atoms with Crippen LogP contribution in [0.5, 0.6) is 0 Å². The monoisotopic (exact) mass is 236 g/mol. The number of allylic oxidation sites excluding steroid dienone is 1. The molecule has 0 radical (unpaired) electrons. The van der Waals surface area contributed by atoms with E-state index in [1.54, 1.807) is 0 Å². The van der Waals surface area contributed by atoms with Crippen molar-refractivity contribution >= 4 is 5.91 Å². The van der Waals surface area contributed by atoms with E-state index in [1.165, 1.54) is 24.8 Å². The van der Waals surface area contributed by atoms with E-state index in [9.17, 15) is 4.79 Å².